The van der Waals surface area contributed by atoms with Gasteiger partial charge in [-0.3, -0.25) is 0 Å². The van der Waals surface area contributed by atoms with E-state index < -0.39 is 12.4 Å². The van der Waals surface area contributed by atoms with Gasteiger partial charge in [0.25, 0.3) is 0 Å². The fraction of sp³-hybridized carbons (Fsp3) is 0.208. The molecule has 0 radical (unpaired) electrons. The second-order valence-electron chi connectivity index (χ2n) is 7.84. The average Bonchev–Trinajstić information content (AvgIpc) is 3.54. The third kappa shape index (κ3) is 4.33. The van der Waals surface area contributed by atoms with E-state index in [4.69, 9.17) is 9.72 Å². The summed E-state index contributed by atoms with van der Waals surface area (Å²) in [5.41, 5.74) is 2.98. The van der Waals surface area contributed by atoms with Crippen molar-refractivity contribution < 1.29 is 27.8 Å². The molecule has 2 N–H and O–H groups in total. The Balaban J connectivity index is 1.75. The fourth-order valence-electron chi connectivity index (χ4n) is 4.25. The predicted molar refractivity (Wildman–Crippen MR) is 126 cm³/mol. The molecule has 0 bridgehead atoms. The molecule has 0 atom stereocenters. The molecule has 0 spiro atoms. The van der Waals surface area contributed by atoms with Crippen molar-refractivity contribution in [1.29, 1.82) is 0 Å². The highest BCUT2D eigenvalue weighted by molar-refractivity contribution is 5.89. The van der Waals surface area contributed by atoms with Gasteiger partial charge in [-0.1, -0.05) is 18.2 Å². The Morgan fingerprint density at radius 3 is 2.57 bits per heavy atom. The monoisotopic (exact) mass is 511 g/mol. The number of aliphatic hydroxyl groups excluding tert-OH is 1. The summed E-state index contributed by atoms with van der Waals surface area (Å²) in [5.74, 6) is -0.0565. The molecule has 0 unspecified atom stereocenters. The van der Waals surface area contributed by atoms with Crippen LogP contribution >= 0.6 is 0 Å². The van der Waals surface area contributed by atoms with Gasteiger partial charge < -0.3 is 19.1 Å². The lowest BCUT2D eigenvalue weighted by Crippen LogP contribution is -2.04. The van der Waals surface area contributed by atoms with E-state index in [-0.39, 0.29) is 23.8 Å². The van der Waals surface area contributed by atoms with Crippen LogP contribution in [0.1, 0.15) is 12.5 Å². The molecule has 0 fully saturated rings. The van der Waals surface area contributed by atoms with E-state index in [2.05, 4.69) is 30.3 Å². The van der Waals surface area contributed by atoms with Gasteiger partial charge in [0.05, 0.1) is 24.8 Å². The van der Waals surface area contributed by atoms with E-state index in [0.717, 1.165) is 6.07 Å². The molecule has 3 aromatic heterocycles. The second kappa shape index (κ2) is 9.85. The molecule has 2 aromatic carbocycles. The molecule has 0 aliphatic heterocycles. The fourth-order valence-corrected chi connectivity index (χ4v) is 4.25. The minimum atomic E-state index is -3.08. The number of fused-ring (bicyclic) bond motifs is 1. The zero-order valence-electron chi connectivity index (χ0n) is 19.6. The Morgan fingerprint density at radius 1 is 1.08 bits per heavy atom. The summed E-state index contributed by atoms with van der Waals surface area (Å²) in [7, 11) is 1.46. The van der Waals surface area contributed by atoms with Crippen LogP contribution in [0.15, 0.2) is 42.5 Å². The van der Waals surface area contributed by atoms with Crippen LogP contribution in [0.3, 0.4) is 0 Å². The van der Waals surface area contributed by atoms with Crippen molar-refractivity contribution in [3.63, 3.8) is 0 Å². The van der Waals surface area contributed by atoms with Crippen LogP contribution in [0, 0.1) is 5.82 Å². The van der Waals surface area contributed by atoms with E-state index in [1.165, 1.54) is 19.2 Å². The molecule has 0 aliphatic rings. The van der Waals surface area contributed by atoms with Crippen LogP contribution < -0.4 is 9.47 Å². The highest BCUT2D eigenvalue weighted by Gasteiger charge is 2.24. The Labute approximate surface area is 207 Å². The van der Waals surface area contributed by atoms with Crippen molar-refractivity contribution in [1.82, 2.24) is 35.2 Å². The number of rotatable bonds is 8. The summed E-state index contributed by atoms with van der Waals surface area (Å²) in [6, 6.07) is 10.3. The number of hydrogen-bond donors (Lipinski definition) is 2. The Hall–Kier alpha value is -4.52. The van der Waals surface area contributed by atoms with Crippen molar-refractivity contribution in [3.05, 3.63) is 53.8 Å². The lowest BCUT2D eigenvalue weighted by Gasteiger charge is -2.16. The minimum Gasteiger partial charge on any atom is -0.480 e. The molecule has 0 aliphatic carbocycles. The van der Waals surface area contributed by atoms with Gasteiger partial charge in [0.2, 0.25) is 5.88 Å². The van der Waals surface area contributed by atoms with Crippen molar-refractivity contribution in [2.45, 2.75) is 26.7 Å². The van der Waals surface area contributed by atoms with Gasteiger partial charge in [0.15, 0.2) is 11.5 Å². The van der Waals surface area contributed by atoms with Crippen LogP contribution in [0.25, 0.3) is 45.1 Å². The number of halogens is 3. The first-order valence-corrected chi connectivity index (χ1v) is 11.1. The summed E-state index contributed by atoms with van der Waals surface area (Å²) < 4.78 is 52.0. The summed E-state index contributed by atoms with van der Waals surface area (Å²) in [6.45, 7) is -1.07. The molecule has 5 aromatic rings. The lowest BCUT2D eigenvalue weighted by atomic mass is 9.94. The van der Waals surface area contributed by atoms with Gasteiger partial charge >= 0.3 is 6.61 Å². The molecule has 3 heterocycles. The van der Waals surface area contributed by atoms with Gasteiger partial charge in [-0.15, -0.1) is 5.10 Å². The molecule has 13 heteroatoms. The van der Waals surface area contributed by atoms with Crippen LogP contribution in [-0.2, 0) is 13.2 Å². The highest BCUT2D eigenvalue weighted by atomic mass is 19.3. The number of aromatic nitrogens is 7. The number of pyridine rings is 1. The summed E-state index contributed by atoms with van der Waals surface area (Å²) >= 11 is 0. The van der Waals surface area contributed by atoms with E-state index in [1.807, 2.05) is 11.5 Å². The minimum absolute atomic E-state index is 0.126. The molecule has 37 heavy (non-hydrogen) atoms. The second-order valence-corrected chi connectivity index (χ2v) is 7.84. The van der Waals surface area contributed by atoms with Gasteiger partial charge in [-0.05, 0) is 46.7 Å². The third-order valence-corrected chi connectivity index (χ3v) is 5.82. The van der Waals surface area contributed by atoms with Gasteiger partial charge in [0, 0.05) is 23.7 Å². The van der Waals surface area contributed by atoms with Gasteiger partial charge in [-0.2, -0.15) is 13.8 Å². The first-order chi connectivity index (χ1) is 17.9. The van der Waals surface area contributed by atoms with Crippen molar-refractivity contribution in [3.8, 4) is 45.5 Å². The number of alkyl halides is 2. The van der Waals surface area contributed by atoms with Gasteiger partial charge in [0.1, 0.15) is 17.4 Å². The molecule has 5 rings (SSSR count). The highest BCUT2D eigenvalue weighted by Crippen LogP contribution is 2.39. The number of tetrazole rings is 1. The maximum Gasteiger partial charge on any atom is 0.387 e. The molecule has 0 amide bonds. The van der Waals surface area contributed by atoms with Crippen LogP contribution in [0.4, 0.5) is 13.2 Å². The standard InChI is InChI=1S/C24H20F3N7O3/c1-3-34-18-10-16(20-30-32-33-31-20)23(36-2)29-21(18)28-22(34)19-12(11-35)5-4-6-15(19)14-8-7-13(9-17(14)25)37-24(26)27/h4-10,24,35H,3,11H2,1-2H3,(H,30,31,32,33). The number of H-pyrrole nitrogens is 1. The predicted octanol–water partition coefficient (Wildman–Crippen LogP) is 4.21. The zero-order valence-corrected chi connectivity index (χ0v) is 19.6. The largest absolute Gasteiger partial charge is 0.480 e. The quantitative estimate of drug-likeness (QED) is 0.318. The van der Waals surface area contributed by atoms with Crippen LogP contribution in [0.2, 0.25) is 0 Å². The zero-order chi connectivity index (χ0) is 26.1. The molecular weight excluding hydrogens is 491 g/mol. The Kier molecular flexibility index (Phi) is 6.44. The molecular formula is C24H20F3N7O3. The summed E-state index contributed by atoms with van der Waals surface area (Å²) in [5, 5.41) is 24.0. The molecule has 0 saturated carbocycles. The Morgan fingerprint density at radius 2 is 1.92 bits per heavy atom. The van der Waals surface area contributed by atoms with E-state index in [0.29, 0.717) is 51.6 Å². The van der Waals surface area contributed by atoms with Crippen molar-refractivity contribution in [2.24, 2.45) is 0 Å². The van der Waals surface area contributed by atoms with Gasteiger partial charge in [-0.25, -0.2) is 14.5 Å². The third-order valence-electron chi connectivity index (χ3n) is 5.82. The SMILES string of the molecule is CCn1c(-c2c(CO)cccc2-c2ccc(OC(F)F)cc2F)nc2nc(OC)c(-c3nnn[nH]3)cc21. The number of methoxy groups -OCH3 is 1. The molecule has 10 nitrogen and oxygen atoms in total. The van der Waals surface area contributed by atoms with Crippen LogP contribution in [-0.4, -0.2) is 54.0 Å². The normalized spacial score (nSPS) is 11.4. The maximum absolute atomic E-state index is 15.1. The number of ether oxygens (including phenoxy) is 2. The van der Waals surface area contributed by atoms with E-state index in [1.54, 1.807) is 24.3 Å². The first-order valence-electron chi connectivity index (χ1n) is 11.1. The number of nitrogens with one attached hydrogen (secondary N) is 1. The number of benzene rings is 2. The van der Waals surface area contributed by atoms with E-state index >= 15 is 4.39 Å². The number of imidazole rings is 1. The first kappa shape index (κ1) is 24.2. The number of aryl methyl sites for hydroxylation is 1. The average molecular weight is 511 g/mol. The summed E-state index contributed by atoms with van der Waals surface area (Å²) in [6.07, 6.45) is 0. The van der Waals surface area contributed by atoms with Crippen LogP contribution in [0.5, 0.6) is 11.6 Å². The maximum atomic E-state index is 15.1. The topological polar surface area (TPSA) is 124 Å². The van der Waals surface area contributed by atoms with E-state index in [9.17, 15) is 13.9 Å². The number of aromatic amines is 1. The summed E-state index contributed by atoms with van der Waals surface area (Å²) in [4.78, 5) is 9.24. The number of aliphatic hydroxyl groups is 1. The lowest BCUT2D eigenvalue weighted by molar-refractivity contribution is -0.0499. The van der Waals surface area contributed by atoms with Crippen molar-refractivity contribution in [2.75, 3.05) is 7.11 Å². The number of nitrogens with zero attached hydrogens (tertiary/aromatic N) is 6. The number of hydrogen-bond acceptors (Lipinski definition) is 8. The molecule has 190 valence electrons. The van der Waals surface area contributed by atoms with Crippen molar-refractivity contribution >= 4 is 11.2 Å². The Bertz CT molecular complexity index is 1570. The smallest absolute Gasteiger partial charge is 0.387 e. The molecule has 0 saturated heterocycles.